The van der Waals surface area contributed by atoms with Gasteiger partial charge in [-0.05, 0) is 13.8 Å². The van der Waals surface area contributed by atoms with E-state index in [0.717, 1.165) is 9.80 Å². The molecule has 0 heterocycles. The van der Waals surface area contributed by atoms with E-state index in [4.69, 9.17) is 25.5 Å². The molecule has 0 aromatic rings. The predicted molar refractivity (Wildman–Crippen MR) is 96.7 cm³/mol. The smallest absolute Gasteiger partial charge is 0.317 e. The van der Waals surface area contributed by atoms with E-state index < -0.39 is 74.7 Å². The van der Waals surface area contributed by atoms with Crippen molar-refractivity contribution >= 4 is 29.8 Å². The molecule has 0 radical (unpaired) electrons. The fourth-order valence-corrected chi connectivity index (χ4v) is 2.80. The molecule has 2 atom stereocenters. The molecule has 0 aromatic carbocycles. The number of rotatable bonds is 16. The van der Waals surface area contributed by atoms with Crippen molar-refractivity contribution in [3.8, 4) is 0 Å². The first-order chi connectivity index (χ1) is 13.3. The summed E-state index contributed by atoms with van der Waals surface area (Å²) in [5, 5.41) is 44.9. The zero-order chi connectivity index (χ0) is 22.7. The molecule has 29 heavy (non-hydrogen) atoms. The van der Waals surface area contributed by atoms with E-state index in [-0.39, 0.29) is 13.1 Å². The molecule has 166 valence electrons. The van der Waals surface area contributed by atoms with Crippen LogP contribution in [-0.4, -0.2) is 128 Å². The zero-order valence-electron chi connectivity index (χ0n) is 16.2. The summed E-state index contributed by atoms with van der Waals surface area (Å²) in [6, 6.07) is -1.30. The van der Waals surface area contributed by atoms with Crippen LogP contribution in [0.1, 0.15) is 13.8 Å². The third kappa shape index (κ3) is 12.3. The Balaban J connectivity index is 5.31. The number of hydrogen-bond donors (Lipinski definition) is 5. The van der Waals surface area contributed by atoms with E-state index in [0.29, 0.717) is 0 Å². The highest BCUT2D eigenvalue weighted by Crippen LogP contribution is 2.07. The predicted octanol–water partition coefficient (Wildman–Crippen LogP) is -1.91. The van der Waals surface area contributed by atoms with Crippen molar-refractivity contribution < 1.29 is 49.5 Å². The third-order valence-electron chi connectivity index (χ3n) is 4.00. The molecule has 0 saturated heterocycles. The molecule has 13 heteroatoms. The molecule has 0 aliphatic carbocycles. The number of carbonyl (C=O) groups is 5. The second-order valence-corrected chi connectivity index (χ2v) is 6.67. The topological polar surface area (TPSA) is 196 Å². The van der Waals surface area contributed by atoms with Crippen LogP contribution >= 0.6 is 0 Å². The monoisotopic (exact) mass is 421 g/mol. The van der Waals surface area contributed by atoms with Gasteiger partial charge in [-0.2, -0.15) is 0 Å². The van der Waals surface area contributed by atoms with E-state index in [1.54, 1.807) is 0 Å². The van der Waals surface area contributed by atoms with Crippen LogP contribution in [0.4, 0.5) is 0 Å². The van der Waals surface area contributed by atoms with Crippen molar-refractivity contribution in [3.63, 3.8) is 0 Å². The minimum absolute atomic E-state index is 0.0226. The summed E-state index contributed by atoms with van der Waals surface area (Å²) in [6.45, 7) is 0.312. The minimum atomic E-state index is -1.25. The Hall–Kier alpha value is -2.77. The van der Waals surface area contributed by atoms with E-state index >= 15 is 0 Å². The Morgan fingerprint density at radius 2 is 0.793 bits per heavy atom. The Kier molecular flexibility index (Phi) is 11.4. The van der Waals surface area contributed by atoms with Crippen molar-refractivity contribution in [3.05, 3.63) is 0 Å². The van der Waals surface area contributed by atoms with Gasteiger partial charge in [0.1, 0.15) is 0 Å². The van der Waals surface area contributed by atoms with Crippen molar-refractivity contribution in [1.29, 1.82) is 0 Å². The molecular weight excluding hydrogens is 394 g/mol. The van der Waals surface area contributed by atoms with Gasteiger partial charge in [-0.3, -0.25) is 38.7 Å². The van der Waals surface area contributed by atoms with Gasteiger partial charge in [0.05, 0.1) is 32.7 Å². The molecule has 0 aliphatic rings. The number of nitrogens with zero attached hydrogens (tertiary/aromatic N) is 3. The van der Waals surface area contributed by atoms with Gasteiger partial charge in [0, 0.05) is 25.2 Å². The molecule has 13 nitrogen and oxygen atoms in total. The molecule has 0 amide bonds. The van der Waals surface area contributed by atoms with Gasteiger partial charge in [0.25, 0.3) is 0 Å². The standard InChI is InChI=1S/C16H27N3O10/c1-10(18(6-13(22)23)7-14(24)25)3-17(5-12(20)21)4-11(2)19(8-15(26)27)9-16(28)29/h10-11H,3-9H2,1-2H3,(H,20,21)(H,22,23)(H,24,25)(H,26,27)(H,28,29)/t10-,11+. The van der Waals surface area contributed by atoms with Gasteiger partial charge in [-0.15, -0.1) is 0 Å². The average Bonchev–Trinajstić information content (AvgIpc) is 2.50. The van der Waals surface area contributed by atoms with E-state index in [2.05, 4.69) is 0 Å². The quantitative estimate of drug-likeness (QED) is 0.185. The van der Waals surface area contributed by atoms with E-state index in [1.807, 2.05) is 0 Å². The van der Waals surface area contributed by atoms with Crippen LogP contribution in [-0.2, 0) is 24.0 Å². The van der Waals surface area contributed by atoms with Crippen LogP contribution < -0.4 is 0 Å². The lowest BCUT2D eigenvalue weighted by molar-refractivity contribution is -0.144. The first-order valence-electron chi connectivity index (χ1n) is 8.61. The van der Waals surface area contributed by atoms with Crippen molar-refractivity contribution in [2.24, 2.45) is 0 Å². The summed E-state index contributed by atoms with van der Waals surface area (Å²) in [4.78, 5) is 58.7. The Bertz CT molecular complexity index is 536. The summed E-state index contributed by atoms with van der Waals surface area (Å²) >= 11 is 0. The van der Waals surface area contributed by atoms with Crippen LogP contribution in [0.2, 0.25) is 0 Å². The molecule has 0 fully saturated rings. The highest BCUT2D eigenvalue weighted by atomic mass is 16.4. The number of aliphatic carboxylic acids is 5. The highest BCUT2D eigenvalue weighted by molar-refractivity contribution is 5.73. The second kappa shape index (κ2) is 12.6. The zero-order valence-corrected chi connectivity index (χ0v) is 16.2. The Morgan fingerprint density at radius 3 is 1.00 bits per heavy atom. The summed E-state index contributed by atoms with van der Waals surface area (Å²) in [5.74, 6) is -6.18. The van der Waals surface area contributed by atoms with Crippen LogP contribution in [0.3, 0.4) is 0 Å². The fraction of sp³-hybridized carbons (Fsp3) is 0.688. The van der Waals surface area contributed by atoms with Crippen LogP contribution in [0.15, 0.2) is 0 Å². The average molecular weight is 421 g/mol. The lowest BCUT2D eigenvalue weighted by Gasteiger charge is -2.34. The van der Waals surface area contributed by atoms with Gasteiger partial charge in [-0.25, -0.2) is 0 Å². The second-order valence-electron chi connectivity index (χ2n) is 6.67. The van der Waals surface area contributed by atoms with Gasteiger partial charge in [0.2, 0.25) is 0 Å². The first-order valence-corrected chi connectivity index (χ1v) is 8.61. The third-order valence-corrected chi connectivity index (χ3v) is 4.00. The molecular formula is C16H27N3O10. The number of carboxylic acid groups (broad SMARTS) is 5. The molecule has 0 spiro atoms. The van der Waals surface area contributed by atoms with Crippen LogP contribution in [0.25, 0.3) is 0 Å². The molecule has 0 unspecified atom stereocenters. The summed E-state index contributed by atoms with van der Waals surface area (Å²) in [7, 11) is 0. The van der Waals surface area contributed by atoms with Crippen molar-refractivity contribution in [1.82, 2.24) is 14.7 Å². The van der Waals surface area contributed by atoms with Crippen molar-refractivity contribution in [2.75, 3.05) is 45.8 Å². The molecule has 0 saturated carbocycles. The normalized spacial score (nSPS) is 13.4. The molecule has 0 aromatic heterocycles. The molecule has 0 aliphatic heterocycles. The summed E-state index contributed by atoms with van der Waals surface area (Å²) < 4.78 is 0. The lowest BCUT2D eigenvalue weighted by Crippen LogP contribution is -2.51. The highest BCUT2D eigenvalue weighted by Gasteiger charge is 2.26. The maximum atomic E-state index is 11.2. The summed E-state index contributed by atoms with van der Waals surface area (Å²) in [6.07, 6.45) is 0. The summed E-state index contributed by atoms with van der Waals surface area (Å²) in [5.41, 5.74) is 0. The van der Waals surface area contributed by atoms with Gasteiger partial charge >= 0.3 is 29.8 Å². The minimum Gasteiger partial charge on any atom is -0.480 e. The van der Waals surface area contributed by atoms with Gasteiger partial charge in [0.15, 0.2) is 0 Å². The van der Waals surface area contributed by atoms with E-state index in [9.17, 15) is 24.0 Å². The molecule has 5 N–H and O–H groups in total. The lowest BCUT2D eigenvalue weighted by atomic mass is 10.2. The van der Waals surface area contributed by atoms with Crippen LogP contribution in [0.5, 0.6) is 0 Å². The Labute approximate surface area is 166 Å². The fourth-order valence-electron chi connectivity index (χ4n) is 2.80. The number of carboxylic acids is 5. The Morgan fingerprint density at radius 1 is 0.552 bits per heavy atom. The number of hydrogen-bond acceptors (Lipinski definition) is 8. The largest absolute Gasteiger partial charge is 0.480 e. The van der Waals surface area contributed by atoms with Gasteiger partial charge in [-0.1, -0.05) is 0 Å². The first kappa shape index (κ1) is 26.2. The van der Waals surface area contributed by atoms with Gasteiger partial charge < -0.3 is 25.5 Å². The SMILES string of the molecule is C[C@H](CN(CC(=O)O)C[C@H](C)N(CC(=O)O)CC(=O)O)N(CC(=O)O)CC(=O)O. The van der Waals surface area contributed by atoms with E-state index in [1.165, 1.54) is 18.7 Å². The molecule has 0 rings (SSSR count). The molecule has 0 bridgehead atoms. The maximum Gasteiger partial charge on any atom is 0.317 e. The maximum absolute atomic E-state index is 11.2. The van der Waals surface area contributed by atoms with Crippen molar-refractivity contribution in [2.45, 2.75) is 25.9 Å². The van der Waals surface area contributed by atoms with Crippen LogP contribution in [0, 0.1) is 0 Å².